The molecule has 0 rings (SSSR count). The van der Waals surface area contributed by atoms with Gasteiger partial charge in [-0.1, -0.05) is 0 Å². The van der Waals surface area contributed by atoms with Crippen LogP contribution in [0.25, 0.3) is 0 Å². The van der Waals surface area contributed by atoms with E-state index in [-0.39, 0.29) is 0 Å². The van der Waals surface area contributed by atoms with Crippen LogP contribution in [-0.4, -0.2) is 25.9 Å². The summed E-state index contributed by atoms with van der Waals surface area (Å²) in [4.78, 5) is 0. The monoisotopic (exact) mass is 198 g/mol. The molecule has 0 fully saturated rings. The molecule has 12 heavy (non-hydrogen) atoms. The summed E-state index contributed by atoms with van der Waals surface area (Å²) in [5, 5.41) is 0. The molecule has 0 aliphatic rings. The van der Waals surface area contributed by atoms with Gasteiger partial charge in [0.15, 0.2) is 13.7 Å². The van der Waals surface area contributed by atoms with Gasteiger partial charge >= 0.3 is 12.2 Å². The van der Waals surface area contributed by atoms with Gasteiger partial charge in [0.25, 0.3) is 0 Å². The second-order valence-corrected chi connectivity index (χ2v) is 1.54. The summed E-state index contributed by atoms with van der Waals surface area (Å²) in [7, 11) is 0. The Labute approximate surface area is 63.1 Å². The maximum atomic E-state index is 12.2. The third-order valence-corrected chi connectivity index (χ3v) is 0.819. The van der Waals surface area contributed by atoms with Crippen molar-refractivity contribution in [1.82, 2.24) is 0 Å². The fourth-order valence-electron chi connectivity index (χ4n) is 0.346. The van der Waals surface area contributed by atoms with E-state index < -0.39 is 25.9 Å². The Hall–Kier alpha value is -0.500. The SMILES string of the molecule is FCOC(F)(OCF)C(F)(F)F. The highest BCUT2D eigenvalue weighted by Crippen LogP contribution is 2.36. The Morgan fingerprint density at radius 3 is 1.33 bits per heavy atom. The lowest BCUT2D eigenvalue weighted by Crippen LogP contribution is -2.45. The first-order chi connectivity index (χ1) is 5.37. The van der Waals surface area contributed by atoms with E-state index >= 15 is 0 Å². The number of rotatable bonds is 4. The van der Waals surface area contributed by atoms with E-state index in [1.165, 1.54) is 0 Å². The summed E-state index contributed by atoms with van der Waals surface area (Å²) >= 11 is 0. The van der Waals surface area contributed by atoms with Crippen molar-refractivity contribution in [2.24, 2.45) is 0 Å². The molecular weight excluding hydrogens is 194 g/mol. The molecule has 74 valence electrons. The van der Waals surface area contributed by atoms with Gasteiger partial charge in [-0.3, -0.25) is 9.47 Å². The van der Waals surface area contributed by atoms with Crippen LogP contribution in [0.15, 0.2) is 0 Å². The fourth-order valence-corrected chi connectivity index (χ4v) is 0.346. The maximum Gasteiger partial charge on any atom is 0.478 e. The zero-order chi connectivity index (χ0) is 9.83. The number of halogens is 6. The van der Waals surface area contributed by atoms with Crippen LogP contribution in [0.2, 0.25) is 0 Å². The second kappa shape index (κ2) is 3.94. The summed E-state index contributed by atoms with van der Waals surface area (Å²) in [6.07, 6.45) is -5.63. The molecule has 0 aromatic carbocycles. The van der Waals surface area contributed by atoms with Crippen molar-refractivity contribution < 1.29 is 35.8 Å². The Morgan fingerprint density at radius 2 is 1.17 bits per heavy atom. The van der Waals surface area contributed by atoms with Gasteiger partial charge in [-0.05, 0) is 0 Å². The van der Waals surface area contributed by atoms with Crippen molar-refractivity contribution in [3.63, 3.8) is 0 Å². The van der Waals surface area contributed by atoms with Crippen LogP contribution < -0.4 is 0 Å². The van der Waals surface area contributed by atoms with Gasteiger partial charge in [-0.2, -0.15) is 17.6 Å². The van der Waals surface area contributed by atoms with E-state index in [2.05, 4.69) is 9.47 Å². The average Bonchev–Trinajstić information content (AvgIpc) is 1.86. The van der Waals surface area contributed by atoms with Crippen molar-refractivity contribution in [3.8, 4) is 0 Å². The molecule has 0 aliphatic heterocycles. The molecule has 0 N–H and O–H groups in total. The molecule has 0 radical (unpaired) electrons. The van der Waals surface area contributed by atoms with E-state index in [4.69, 9.17) is 0 Å². The average molecular weight is 198 g/mol. The van der Waals surface area contributed by atoms with Crippen LogP contribution in [0.1, 0.15) is 0 Å². The van der Waals surface area contributed by atoms with Crippen molar-refractivity contribution >= 4 is 0 Å². The van der Waals surface area contributed by atoms with Gasteiger partial charge in [0, 0.05) is 0 Å². The van der Waals surface area contributed by atoms with Gasteiger partial charge < -0.3 is 0 Å². The number of ether oxygens (including phenoxy) is 2. The number of alkyl halides is 6. The summed E-state index contributed by atoms with van der Waals surface area (Å²) in [6.45, 7) is -4.15. The minimum atomic E-state index is -5.63. The van der Waals surface area contributed by atoms with Gasteiger partial charge in [0.05, 0.1) is 0 Å². The van der Waals surface area contributed by atoms with Crippen molar-refractivity contribution in [1.29, 1.82) is 0 Å². The third-order valence-electron chi connectivity index (χ3n) is 0.819. The Morgan fingerprint density at radius 1 is 0.833 bits per heavy atom. The molecule has 0 amide bonds. The molecule has 0 unspecified atom stereocenters. The molecule has 0 bridgehead atoms. The third kappa shape index (κ3) is 2.52. The van der Waals surface area contributed by atoms with Gasteiger partial charge in [-0.15, -0.1) is 0 Å². The summed E-state index contributed by atoms with van der Waals surface area (Å²) in [5.41, 5.74) is 0. The fraction of sp³-hybridized carbons (Fsp3) is 1.00. The first kappa shape index (κ1) is 11.5. The molecule has 2 nitrogen and oxygen atoms in total. The van der Waals surface area contributed by atoms with E-state index in [0.717, 1.165) is 0 Å². The summed E-state index contributed by atoms with van der Waals surface area (Å²) in [5.74, 6) is 0. The van der Waals surface area contributed by atoms with Crippen LogP contribution in [0, 0.1) is 0 Å². The predicted molar refractivity (Wildman–Crippen MR) is 24.0 cm³/mol. The highest BCUT2D eigenvalue weighted by Gasteiger charge is 2.60. The molecule has 8 heteroatoms. The molecular formula is C4H4F6O2. The van der Waals surface area contributed by atoms with Gasteiger partial charge in [0.2, 0.25) is 0 Å². The summed E-state index contributed by atoms with van der Waals surface area (Å²) in [6, 6.07) is -4.71. The predicted octanol–water partition coefficient (Wildman–Crippen LogP) is 2.06. The Balaban J connectivity index is 4.38. The normalized spacial score (nSPS) is 13.5. The van der Waals surface area contributed by atoms with E-state index in [0.29, 0.717) is 0 Å². The lowest BCUT2D eigenvalue weighted by Gasteiger charge is -2.24. The molecule has 0 spiro atoms. The van der Waals surface area contributed by atoms with Crippen LogP contribution in [0.4, 0.5) is 26.3 Å². The maximum absolute atomic E-state index is 12.2. The molecule has 0 atom stereocenters. The molecule has 0 saturated heterocycles. The highest BCUT2D eigenvalue weighted by atomic mass is 19.4. The topological polar surface area (TPSA) is 18.5 Å². The van der Waals surface area contributed by atoms with Crippen molar-refractivity contribution in [3.05, 3.63) is 0 Å². The highest BCUT2D eigenvalue weighted by molar-refractivity contribution is 4.64. The smallest absolute Gasteiger partial charge is 0.285 e. The lowest BCUT2D eigenvalue weighted by atomic mass is 10.6. The lowest BCUT2D eigenvalue weighted by molar-refractivity contribution is -0.450. The summed E-state index contributed by atoms with van der Waals surface area (Å²) < 4.78 is 75.0. The van der Waals surface area contributed by atoms with Crippen LogP contribution in [-0.2, 0) is 9.47 Å². The number of hydrogen-bond acceptors (Lipinski definition) is 2. The van der Waals surface area contributed by atoms with Crippen LogP contribution in [0.3, 0.4) is 0 Å². The largest absolute Gasteiger partial charge is 0.478 e. The minimum absolute atomic E-state index is 2.07. The van der Waals surface area contributed by atoms with E-state index in [1.54, 1.807) is 0 Å². The first-order valence-corrected chi connectivity index (χ1v) is 2.53. The molecule has 0 aromatic rings. The standard InChI is InChI=1S/C4H4F6O2/c5-1-11-4(10,12-2-6)3(7,8)9/h1-2H2. The van der Waals surface area contributed by atoms with Crippen LogP contribution >= 0.6 is 0 Å². The molecule has 0 aliphatic carbocycles. The van der Waals surface area contributed by atoms with Crippen molar-refractivity contribution in [2.75, 3.05) is 13.7 Å². The van der Waals surface area contributed by atoms with Gasteiger partial charge in [-0.25, -0.2) is 8.78 Å². The zero-order valence-corrected chi connectivity index (χ0v) is 5.50. The van der Waals surface area contributed by atoms with E-state index in [1.807, 2.05) is 0 Å². The second-order valence-electron chi connectivity index (χ2n) is 1.54. The van der Waals surface area contributed by atoms with Gasteiger partial charge in [0.1, 0.15) is 0 Å². The van der Waals surface area contributed by atoms with Crippen molar-refractivity contribution in [2.45, 2.75) is 12.2 Å². The zero-order valence-electron chi connectivity index (χ0n) is 5.50. The Kier molecular flexibility index (Phi) is 3.78. The quantitative estimate of drug-likeness (QED) is 0.508. The molecule has 0 saturated carbocycles. The van der Waals surface area contributed by atoms with E-state index in [9.17, 15) is 26.3 Å². The van der Waals surface area contributed by atoms with Crippen LogP contribution in [0.5, 0.6) is 0 Å². The first-order valence-electron chi connectivity index (χ1n) is 2.53. The minimum Gasteiger partial charge on any atom is -0.285 e. The number of hydrogen-bond donors (Lipinski definition) is 0. The molecule has 0 aromatic heterocycles. The molecule has 0 heterocycles. The Bertz CT molecular complexity index is 128.